The second kappa shape index (κ2) is 9.26. The van der Waals surface area contributed by atoms with Gasteiger partial charge in [0.25, 0.3) is 0 Å². The molecule has 5 rings (SSSR count). The number of aliphatic hydroxyl groups is 3. The van der Waals surface area contributed by atoms with Crippen molar-refractivity contribution in [2.24, 2.45) is 0 Å². The Bertz CT molecular complexity index is 994. The van der Waals surface area contributed by atoms with Crippen molar-refractivity contribution in [3.05, 3.63) is 47.5 Å². The monoisotopic (exact) mass is 453 g/mol. The minimum absolute atomic E-state index is 0.0366. The molecule has 2 aromatic carbocycles. The summed E-state index contributed by atoms with van der Waals surface area (Å²) >= 11 is 0. The van der Waals surface area contributed by atoms with Crippen molar-refractivity contribution >= 4 is 0 Å². The zero-order valence-electron chi connectivity index (χ0n) is 19.5. The predicted molar refractivity (Wildman–Crippen MR) is 127 cm³/mol. The van der Waals surface area contributed by atoms with Gasteiger partial charge in [-0.05, 0) is 73.9 Å². The Balaban J connectivity index is 1.69. The first-order valence-electron chi connectivity index (χ1n) is 12.2. The molecule has 6 atom stereocenters. The molecule has 0 aromatic heterocycles. The van der Waals surface area contributed by atoms with Gasteiger partial charge in [-0.25, -0.2) is 0 Å². The maximum Gasteiger partial charge on any atom is 0.126 e. The highest BCUT2D eigenvalue weighted by Gasteiger charge is 2.47. The first kappa shape index (κ1) is 22.7. The third kappa shape index (κ3) is 4.14. The molecule has 3 aliphatic rings. The van der Waals surface area contributed by atoms with Crippen molar-refractivity contribution in [3.63, 3.8) is 0 Å². The molecule has 3 N–H and O–H groups in total. The lowest BCUT2D eigenvalue weighted by molar-refractivity contribution is -0.134. The average molecular weight is 454 g/mol. The van der Waals surface area contributed by atoms with Crippen molar-refractivity contribution in [3.8, 4) is 22.6 Å². The number of methoxy groups -OCH3 is 2. The van der Waals surface area contributed by atoms with Gasteiger partial charge in [0, 0.05) is 29.3 Å². The Kier molecular flexibility index (Phi) is 6.36. The molecule has 0 unspecified atom stereocenters. The van der Waals surface area contributed by atoms with E-state index in [4.69, 9.17) is 9.47 Å². The fraction of sp³-hybridized carbons (Fsp3) is 0.556. The van der Waals surface area contributed by atoms with E-state index in [2.05, 4.69) is 29.2 Å². The molecule has 2 saturated heterocycles. The minimum Gasteiger partial charge on any atom is -0.496 e. The van der Waals surface area contributed by atoms with E-state index in [0.717, 1.165) is 59.4 Å². The van der Waals surface area contributed by atoms with Crippen LogP contribution in [0.5, 0.6) is 11.5 Å². The van der Waals surface area contributed by atoms with Crippen LogP contribution in [0.15, 0.2) is 36.4 Å². The SMILES string of the molecule is COc1ccc2cc1-c1cc(ccc1OC)[C@H]1C[C@@H](O)[C@@H](O)[C@H]3CCC[C@@H](C[C@H](O)CC2)N13. The molecular formula is C27H35NO5. The van der Waals surface area contributed by atoms with Crippen LogP contribution in [-0.2, 0) is 6.42 Å². The van der Waals surface area contributed by atoms with Crippen molar-refractivity contribution in [2.75, 3.05) is 14.2 Å². The molecule has 3 heterocycles. The lowest BCUT2D eigenvalue weighted by Gasteiger charge is -2.53. The Morgan fingerprint density at radius 2 is 1.58 bits per heavy atom. The molecule has 0 radical (unpaired) electrons. The van der Waals surface area contributed by atoms with E-state index < -0.39 is 18.3 Å². The summed E-state index contributed by atoms with van der Waals surface area (Å²) in [4.78, 5) is 2.40. The first-order valence-corrected chi connectivity index (χ1v) is 12.2. The van der Waals surface area contributed by atoms with E-state index in [-0.39, 0.29) is 18.1 Å². The maximum atomic E-state index is 11.0. The fourth-order valence-corrected chi connectivity index (χ4v) is 6.29. The van der Waals surface area contributed by atoms with Crippen molar-refractivity contribution in [2.45, 2.75) is 81.4 Å². The second-order valence-electron chi connectivity index (χ2n) is 9.83. The van der Waals surface area contributed by atoms with Crippen molar-refractivity contribution < 1.29 is 24.8 Å². The summed E-state index contributed by atoms with van der Waals surface area (Å²) in [5.41, 5.74) is 4.17. The summed E-state index contributed by atoms with van der Waals surface area (Å²) in [5.74, 6) is 1.55. The van der Waals surface area contributed by atoms with Crippen LogP contribution in [0.4, 0.5) is 0 Å². The van der Waals surface area contributed by atoms with E-state index in [1.54, 1.807) is 14.2 Å². The number of aryl methyl sites for hydroxylation is 1. The van der Waals surface area contributed by atoms with Crippen LogP contribution in [-0.4, -0.2) is 64.8 Å². The standard InChI is InChI=1S/C27H35NO5/c1-32-25-10-7-16-6-9-19(29)14-18-4-3-5-22-27(31)24(30)15-23(28(18)22)17-8-11-26(33-2)21(13-17)20(25)12-16/h7-8,10-13,18-19,22-24,27,29-31H,3-6,9,14-15H2,1-2H3/t18-,19+,22+,23+,24+,27-/m0/s1. The van der Waals surface area contributed by atoms with E-state index in [0.29, 0.717) is 19.3 Å². The number of benzene rings is 2. The van der Waals surface area contributed by atoms with Crippen LogP contribution in [0.3, 0.4) is 0 Å². The molecule has 178 valence electrons. The van der Waals surface area contributed by atoms with E-state index in [1.165, 1.54) is 0 Å². The highest BCUT2D eigenvalue weighted by molar-refractivity contribution is 5.77. The lowest BCUT2D eigenvalue weighted by Crippen LogP contribution is -2.61. The summed E-state index contributed by atoms with van der Waals surface area (Å²) in [7, 11) is 3.35. The first-order chi connectivity index (χ1) is 16.0. The Hall–Kier alpha value is -2.12. The normalized spacial score (nSPS) is 32.0. The van der Waals surface area contributed by atoms with Crippen LogP contribution >= 0.6 is 0 Å². The Labute approximate surface area is 195 Å². The van der Waals surface area contributed by atoms with Gasteiger partial charge in [0.1, 0.15) is 11.5 Å². The maximum absolute atomic E-state index is 11.0. The quantitative estimate of drug-likeness (QED) is 0.646. The Morgan fingerprint density at radius 3 is 2.33 bits per heavy atom. The number of nitrogens with zero attached hydrogens (tertiary/aromatic N) is 1. The lowest BCUT2D eigenvalue weighted by atomic mass is 9.78. The highest BCUT2D eigenvalue weighted by Crippen LogP contribution is 2.46. The zero-order valence-corrected chi connectivity index (χ0v) is 19.5. The molecule has 3 aliphatic heterocycles. The van der Waals surface area contributed by atoms with Gasteiger partial charge in [0.15, 0.2) is 0 Å². The van der Waals surface area contributed by atoms with E-state index in [1.807, 2.05) is 12.1 Å². The molecule has 0 saturated carbocycles. The van der Waals surface area contributed by atoms with Gasteiger partial charge in [-0.1, -0.05) is 18.6 Å². The minimum atomic E-state index is -0.765. The third-order valence-electron chi connectivity index (χ3n) is 7.93. The van der Waals surface area contributed by atoms with Gasteiger partial charge in [-0.3, -0.25) is 4.90 Å². The largest absolute Gasteiger partial charge is 0.496 e. The molecular weight excluding hydrogens is 418 g/mol. The molecule has 2 aromatic rings. The van der Waals surface area contributed by atoms with E-state index in [9.17, 15) is 15.3 Å². The number of fused-ring (bicyclic) bond motifs is 6. The summed E-state index contributed by atoms with van der Waals surface area (Å²) in [6, 6.07) is 12.5. The smallest absolute Gasteiger partial charge is 0.126 e. The van der Waals surface area contributed by atoms with Gasteiger partial charge >= 0.3 is 0 Å². The van der Waals surface area contributed by atoms with Crippen molar-refractivity contribution in [1.29, 1.82) is 0 Å². The van der Waals surface area contributed by atoms with Gasteiger partial charge in [-0.2, -0.15) is 0 Å². The molecule has 0 spiro atoms. The van der Waals surface area contributed by atoms with Crippen LogP contribution in [0.1, 0.15) is 55.7 Å². The van der Waals surface area contributed by atoms with Crippen LogP contribution in [0, 0.1) is 0 Å². The zero-order chi connectivity index (χ0) is 23.1. The number of hydrogen-bond donors (Lipinski definition) is 3. The van der Waals surface area contributed by atoms with Crippen LogP contribution in [0.25, 0.3) is 11.1 Å². The van der Waals surface area contributed by atoms with Gasteiger partial charge in [-0.15, -0.1) is 0 Å². The summed E-state index contributed by atoms with van der Waals surface area (Å²) in [6.07, 6.45) is 3.53. The van der Waals surface area contributed by atoms with Gasteiger partial charge in [0.05, 0.1) is 32.5 Å². The van der Waals surface area contributed by atoms with Crippen molar-refractivity contribution in [1.82, 2.24) is 4.90 Å². The highest BCUT2D eigenvalue weighted by atomic mass is 16.5. The predicted octanol–water partition coefficient (Wildman–Crippen LogP) is 3.46. The second-order valence-corrected chi connectivity index (χ2v) is 9.83. The molecule has 6 nitrogen and oxygen atoms in total. The summed E-state index contributed by atoms with van der Waals surface area (Å²) < 4.78 is 11.4. The summed E-state index contributed by atoms with van der Waals surface area (Å²) in [6.45, 7) is 0. The molecule has 33 heavy (non-hydrogen) atoms. The third-order valence-corrected chi connectivity index (χ3v) is 7.93. The summed E-state index contributed by atoms with van der Waals surface area (Å²) in [5, 5.41) is 32.6. The molecule has 4 bridgehead atoms. The van der Waals surface area contributed by atoms with E-state index >= 15 is 0 Å². The van der Waals surface area contributed by atoms with Crippen LogP contribution in [0.2, 0.25) is 0 Å². The van der Waals surface area contributed by atoms with Gasteiger partial charge < -0.3 is 24.8 Å². The molecule has 6 heteroatoms. The number of piperidine rings is 2. The average Bonchev–Trinajstić information content (AvgIpc) is 2.84. The fourth-order valence-electron chi connectivity index (χ4n) is 6.29. The Morgan fingerprint density at radius 1 is 0.848 bits per heavy atom. The number of aliphatic hydroxyl groups excluding tert-OH is 3. The molecule has 0 amide bonds. The molecule has 0 aliphatic carbocycles. The number of rotatable bonds is 2. The number of ether oxygens (including phenoxy) is 2. The number of hydrogen-bond acceptors (Lipinski definition) is 6. The topological polar surface area (TPSA) is 82.4 Å². The molecule has 2 fully saturated rings. The van der Waals surface area contributed by atoms with Gasteiger partial charge in [0.2, 0.25) is 0 Å². The van der Waals surface area contributed by atoms with Crippen LogP contribution < -0.4 is 9.47 Å².